The third-order valence-electron chi connectivity index (χ3n) is 2.56. The molecule has 2 N–H and O–H groups in total. The van der Waals surface area contributed by atoms with Crippen molar-refractivity contribution in [2.24, 2.45) is 0 Å². The molecule has 0 fully saturated rings. The SMILES string of the molecule is CCc1nn(CCCSC)c(CC)c1N. The summed E-state index contributed by atoms with van der Waals surface area (Å²) in [6, 6.07) is 0. The Morgan fingerprint density at radius 3 is 2.60 bits per heavy atom. The van der Waals surface area contributed by atoms with Crippen molar-refractivity contribution in [2.45, 2.75) is 39.7 Å². The van der Waals surface area contributed by atoms with Crippen LogP contribution in [0.2, 0.25) is 0 Å². The largest absolute Gasteiger partial charge is 0.396 e. The van der Waals surface area contributed by atoms with Gasteiger partial charge in [0.05, 0.1) is 17.1 Å². The number of nitrogens with two attached hydrogens (primary N) is 1. The number of rotatable bonds is 6. The smallest absolute Gasteiger partial charge is 0.0854 e. The molecule has 0 unspecified atom stereocenters. The van der Waals surface area contributed by atoms with Crippen LogP contribution in [0.15, 0.2) is 0 Å². The van der Waals surface area contributed by atoms with Crippen molar-refractivity contribution in [1.29, 1.82) is 0 Å². The maximum Gasteiger partial charge on any atom is 0.0854 e. The first-order valence-electron chi connectivity index (χ1n) is 5.57. The van der Waals surface area contributed by atoms with E-state index in [4.69, 9.17) is 5.73 Å². The number of aryl methyl sites for hydroxylation is 2. The summed E-state index contributed by atoms with van der Waals surface area (Å²) < 4.78 is 2.09. The lowest BCUT2D eigenvalue weighted by Gasteiger charge is -2.05. The molecule has 0 aliphatic rings. The molecule has 0 aromatic carbocycles. The zero-order valence-corrected chi connectivity index (χ0v) is 10.7. The first-order valence-corrected chi connectivity index (χ1v) is 6.96. The van der Waals surface area contributed by atoms with E-state index in [2.05, 4.69) is 29.9 Å². The highest BCUT2D eigenvalue weighted by molar-refractivity contribution is 7.98. The van der Waals surface area contributed by atoms with Crippen molar-refractivity contribution in [3.63, 3.8) is 0 Å². The van der Waals surface area contributed by atoms with Crippen molar-refractivity contribution < 1.29 is 0 Å². The van der Waals surface area contributed by atoms with Gasteiger partial charge in [0.15, 0.2) is 0 Å². The van der Waals surface area contributed by atoms with E-state index in [0.717, 1.165) is 30.8 Å². The minimum Gasteiger partial charge on any atom is -0.396 e. The highest BCUT2D eigenvalue weighted by Gasteiger charge is 2.11. The Balaban J connectivity index is 2.77. The molecule has 0 saturated heterocycles. The van der Waals surface area contributed by atoms with Crippen LogP contribution in [0, 0.1) is 0 Å². The van der Waals surface area contributed by atoms with Gasteiger partial charge < -0.3 is 5.73 Å². The van der Waals surface area contributed by atoms with Gasteiger partial charge in [0, 0.05) is 6.54 Å². The van der Waals surface area contributed by atoms with Gasteiger partial charge in [-0.3, -0.25) is 4.68 Å². The Morgan fingerprint density at radius 1 is 1.33 bits per heavy atom. The van der Waals surface area contributed by atoms with E-state index in [1.165, 1.54) is 17.9 Å². The van der Waals surface area contributed by atoms with E-state index in [0.29, 0.717) is 0 Å². The Kier molecular flexibility index (Phi) is 5.02. The molecule has 0 spiro atoms. The first-order chi connectivity index (χ1) is 7.24. The van der Waals surface area contributed by atoms with E-state index in [1.54, 1.807) is 0 Å². The van der Waals surface area contributed by atoms with Gasteiger partial charge in [0.25, 0.3) is 0 Å². The quantitative estimate of drug-likeness (QED) is 0.759. The maximum atomic E-state index is 6.04. The molecular formula is C11H21N3S. The molecule has 0 atom stereocenters. The van der Waals surface area contributed by atoms with Crippen molar-refractivity contribution >= 4 is 17.4 Å². The van der Waals surface area contributed by atoms with Gasteiger partial charge in [0.2, 0.25) is 0 Å². The van der Waals surface area contributed by atoms with E-state index < -0.39 is 0 Å². The third-order valence-corrected chi connectivity index (χ3v) is 3.26. The highest BCUT2D eigenvalue weighted by Crippen LogP contribution is 2.18. The number of aromatic nitrogens is 2. The predicted octanol–water partition coefficient (Wildman–Crippen LogP) is 2.34. The van der Waals surface area contributed by atoms with E-state index >= 15 is 0 Å². The normalized spacial score (nSPS) is 10.9. The molecule has 0 amide bonds. The molecule has 0 bridgehead atoms. The molecule has 15 heavy (non-hydrogen) atoms. The van der Waals surface area contributed by atoms with Crippen LogP contribution in [-0.4, -0.2) is 21.8 Å². The van der Waals surface area contributed by atoms with Crippen molar-refractivity contribution in [3.05, 3.63) is 11.4 Å². The molecule has 4 heteroatoms. The van der Waals surface area contributed by atoms with E-state index in [9.17, 15) is 0 Å². The van der Waals surface area contributed by atoms with Crippen molar-refractivity contribution in [3.8, 4) is 0 Å². The van der Waals surface area contributed by atoms with E-state index in [1.807, 2.05) is 11.8 Å². The van der Waals surface area contributed by atoms with Crippen LogP contribution in [0.4, 0.5) is 5.69 Å². The standard InChI is InChI=1S/C11H21N3S/c1-4-9-11(12)10(5-2)14(13-9)7-6-8-15-3/h4-8,12H2,1-3H3. The Morgan fingerprint density at radius 2 is 2.07 bits per heavy atom. The van der Waals surface area contributed by atoms with E-state index in [-0.39, 0.29) is 0 Å². The summed E-state index contributed by atoms with van der Waals surface area (Å²) in [5, 5.41) is 4.55. The summed E-state index contributed by atoms with van der Waals surface area (Å²) >= 11 is 1.88. The molecule has 3 nitrogen and oxygen atoms in total. The third kappa shape index (κ3) is 2.91. The second-order valence-electron chi connectivity index (χ2n) is 3.58. The average molecular weight is 227 g/mol. The molecule has 1 aromatic rings. The lowest BCUT2D eigenvalue weighted by Crippen LogP contribution is -2.06. The zero-order chi connectivity index (χ0) is 11.3. The fourth-order valence-corrected chi connectivity index (χ4v) is 2.16. The monoisotopic (exact) mass is 227 g/mol. The maximum absolute atomic E-state index is 6.04. The fraction of sp³-hybridized carbons (Fsp3) is 0.727. The second-order valence-corrected chi connectivity index (χ2v) is 4.57. The molecule has 1 rings (SSSR count). The summed E-state index contributed by atoms with van der Waals surface area (Å²) in [6.45, 7) is 5.23. The highest BCUT2D eigenvalue weighted by atomic mass is 32.2. The number of thioether (sulfide) groups is 1. The van der Waals surface area contributed by atoms with Gasteiger partial charge in [-0.1, -0.05) is 13.8 Å². The van der Waals surface area contributed by atoms with Crippen LogP contribution in [0.1, 0.15) is 31.7 Å². The van der Waals surface area contributed by atoms with Gasteiger partial charge >= 0.3 is 0 Å². The van der Waals surface area contributed by atoms with Crippen LogP contribution >= 0.6 is 11.8 Å². The molecule has 0 aliphatic carbocycles. The summed E-state index contributed by atoms with van der Waals surface area (Å²) in [5.41, 5.74) is 9.20. The molecule has 1 aromatic heterocycles. The Bertz CT molecular complexity index is 307. The minimum absolute atomic E-state index is 0.907. The van der Waals surface area contributed by atoms with Crippen LogP contribution in [0.5, 0.6) is 0 Å². The number of hydrogen-bond donors (Lipinski definition) is 1. The van der Waals surface area contributed by atoms with Crippen LogP contribution < -0.4 is 5.73 Å². The van der Waals surface area contributed by atoms with Crippen molar-refractivity contribution in [1.82, 2.24) is 9.78 Å². The van der Waals surface area contributed by atoms with Crippen LogP contribution in [-0.2, 0) is 19.4 Å². The topological polar surface area (TPSA) is 43.8 Å². The molecule has 0 saturated carbocycles. The average Bonchev–Trinajstić information content (AvgIpc) is 2.55. The fourth-order valence-electron chi connectivity index (χ4n) is 1.74. The second kappa shape index (κ2) is 6.05. The molecule has 0 aliphatic heterocycles. The molecule has 86 valence electrons. The van der Waals surface area contributed by atoms with Crippen LogP contribution in [0.25, 0.3) is 0 Å². The molecular weight excluding hydrogens is 206 g/mol. The van der Waals surface area contributed by atoms with Gasteiger partial charge in [-0.2, -0.15) is 16.9 Å². The van der Waals surface area contributed by atoms with Gasteiger partial charge in [-0.25, -0.2) is 0 Å². The summed E-state index contributed by atoms with van der Waals surface area (Å²) in [6.07, 6.45) is 5.19. The number of hydrogen-bond acceptors (Lipinski definition) is 3. The van der Waals surface area contributed by atoms with Gasteiger partial charge in [-0.05, 0) is 31.3 Å². The first kappa shape index (κ1) is 12.4. The number of nitrogens with zero attached hydrogens (tertiary/aromatic N) is 2. The lowest BCUT2D eigenvalue weighted by atomic mass is 10.2. The van der Waals surface area contributed by atoms with Gasteiger partial charge in [0.1, 0.15) is 0 Å². The number of nitrogen functional groups attached to an aromatic ring is 1. The summed E-state index contributed by atoms with van der Waals surface area (Å²) in [5.74, 6) is 1.18. The predicted molar refractivity (Wildman–Crippen MR) is 68.4 cm³/mol. The zero-order valence-electron chi connectivity index (χ0n) is 9.92. The summed E-state index contributed by atoms with van der Waals surface area (Å²) in [4.78, 5) is 0. The molecule has 1 heterocycles. The minimum atomic E-state index is 0.907. The van der Waals surface area contributed by atoms with Crippen LogP contribution in [0.3, 0.4) is 0 Å². The van der Waals surface area contributed by atoms with Gasteiger partial charge in [-0.15, -0.1) is 0 Å². The molecule has 0 radical (unpaired) electrons. The van der Waals surface area contributed by atoms with Crippen molar-refractivity contribution in [2.75, 3.05) is 17.7 Å². The summed E-state index contributed by atoms with van der Waals surface area (Å²) in [7, 11) is 0. The Hall–Kier alpha value is -0.640. The Labute approximate surface area is 96.4 Å². The number of anilines is 1. The lowest BCUT2D eigenvalue weighted by molar-refractivity contribution is 0.574.